The summed E-state index contributed by atoms with van der Waals surface area (Å²) in [6, 6.07) is 5.99. The maximum Gasteiger partial charge on any atom is 0.494 e. The summed E-state index contributed by atoms with van der Waals surface area (Å²) in [6.45, 7) is 14.2. The SMILES string of the molecule is CC(C)(C)OC(=O)N(Cc1cc(Cl)cc(B2OC(C)(C)C(C)(C)O2)c1)C1CC1. The van der Waals surface area contributed by atoms with Crippen molar-refractivity contribution in [3.05, 3.63) is 28.8 Å². The highest BCUT2D eigenvalue weighted by Crippen LogP contribution is 2.37. The summed E-state index contributed by atoms with van der Waals surface area (Å²) in [4.78, 5) is 14.5. The number of hydrogen-bond donors (Lipinski definition) is 0. The molecular formula is C21H31BClNO4. The first kappa shape index (κ1) is 21.5. The first-order valence-electron chi connectivity index (χ1n) is 9.92. The number of nitrogens with zero attached hydrogens (tertiary/aromatic N) is 1. The topological polar surface area (TPSA) is 48.0 Å². The third-order valence-electron chi connectivity index (χ3n) is 5.47. The van der Waals surface area contributed by atoms with Crippen LogP contribution in [0.25, 0.3) is 0 Å². The van der Waals surface area contributed by atoms with Crippen molar-refractivity contribution >= 4 is 30.3 Å². The van der Waals surface area contributed by atoms with Crippen LogP contribution in [0.5, 0.6) is 0 Å². The second-order valence-electron chi connectivity index (χ2n) is 9.82. The van der Waals surface area contributed by atoms with E-state index in [1.807, 2.05) is 66.7 Å². The minimum Gasteiger partial charge on any atom is -0.444 e. The van der Waals surface area contributed by atoms with Gasteiger partial charge < -0.3 is 18.9 Å². The maximum absolute atomic E-state index is 12.7. The van der Waals surface area contributed by atoms with E-state index in [1.165, 1.54) is 0 Å². The van der Waals surface area contributed by atoms with Crippen molar-refractivity contribution < 1.29 is 18.8 Å². The summed E-state index contributed by atoms with van der Waals surface area (Å²) < 4.78 is 17.9. The van der Waals surface area contributed by atoms with E-state index in [1.54, 1.807) is 4.90 Å². The van der Waals surface area contributed by atoms with Gasteiger partial charge in [-0.05, 0) is 84.5 Å². The van der Waals surface area contributed by atoms with Crippen molar-refractivity contribution in [2.45, 2.75) is 90.7 Å². The second-order valence-corrected chi connectivity index (χ2v) is 10.3. The molecule has 1 heterocycles. The lowest BCUT2D eigenvalue weighted by Gasteiger charge is -2.32. The molecule has 0 spiro atoms. The van der Waals surface area contributed by atoms with Crippen LogP contribution in [0.1, 0.15) is 66.9 Å². The molecule has 1 aliphatic heterocycles. The summed E-state index contributed by atoms with van der Waals surface area (Å²) in [5, 5.41) is 0.599. The van der Waals surface area contributed by atoms with E-state index in [2.05, 4.69) is 0 Å². The third kappa shape index (κ3) is 4.84. The van der Waals surface area contributed by atoms with Crippen molar-refractivity contribution in [1.82, 2.24) is 4.90 Å². The highest BCUT2D eigenvalue weighted by Gasteiger charge is 2.51. The summed E-state index contributed by atoms with van der Waals surface area (Å²) in [6.07, 6.45) is 1.72. The Labute approximate surface area is 173 Å². The van der Waals surface area contributed by atoms with Gasteiger partial charge in [0.1, 0.15) is 5.60 Å². The van der Waals surface area contributed by atoms with Crippen molar-refractivity contribution in [2.75, 3.05) is 0 Å². The van der Waals surface area contributed by atoms with Gasteiger partial charge in [0.15, 0.2) is 0 Å². The summed E-state index contributed by atoms with van der Waals surface area (Å²) >= 11 is 6.39. The lowest BCUT2D eigenvalue weighted by Crippen LogP contribution is -2.41. The van der Waals surface area contributed by atoms with E-state index >= 15 is 0 Å². The van der Waals surface area contributed by atoms with Gasteiger partial charge in [-0.15, -0.1) is 0 Å². The Morgan fingerprint density at radius 3 is 2.25 bits per heavy atom. The van der Waals surface area contributed by atoms with Crippen LogP contribution in [0.2, 0.25) is 5.02 Å². The van der Waals surface area contributed by atoms with Gasteiger partial charge >= 0.3 is 13.2 Å². The van der Waals surface area contributed by atoms with Crippen LogP contribution in [-0.2, 0) is 20.6 Å². The zero-order valence-corrected chi connectivity index (χ0v) is 18.7. The van der Waals surface area contributed by atoms with Gasteiger partial charge in [0, 0.05) is 17.6 Å². The first-order chi connectivity index (χ1) is 12.8. The quantitative estimate of drug-likeness (QED) is 0.688. The molecule has 1 aromatic carbocycles. The van der Waals surface area contributed by atoms with E-state index in [0.29, 0.717) is 11.6 Å². The van der Waals surface area contributed by atoms with E-state index in [-0.39, 0.29) is 12.1 Å². The molecule has 0 radical (unpaired) electrons. The van der Waals surface area contributed by atoms with Crippen LogP contribution in [0.15, 0.2) is 18.2 Å². The molecule has 3 rings (SSSR count). The van der Waals surface area contributed by atoms with E-state index in [4.69, 9.17) is 25.6 Å². The fourth-order valence-electron chi connectivity index (χ4n) is 3.13. The fraction of sp³-hybridized carbons (Fsp3) is 0.667. The molecule has 1 saturated heterocycles. The minimum absolute atomic E-state index is 0.231. The van der Waals surface area contributed by atoms with Crippen molar-refractivity contribution in [3.8, 4) is 0 Å². The minimum atomic E-state index is -0.521. The molecule has 0 atom stereocenters. The van der Waals surface area contributed by atoms with Crippen molar-refractivity contribution in [1.29, 1.82) is 0 Å². The predicted molar refractivity (Wildman–Crippen MR) is 112 cm³/mol. The number of halogens is 1. The molecule has 2 aliphatic rings. The molecule has 28 heavy (non-hydrogen) atoms. The Morgan fingerprint density at radius 2 is 1.75 bits per heavy atom. The predicted octanol–water partition coefficient (Wildman–Crippen LogP) is 4.54. The monoisotopic (exact) mass is 407 g/mol. The molecule has 1 amide bonds. The van der Waals surface area contributed by atoms with Gasteiger partial charge in [-0.25, -0.2) is 4.79 Å². The lowest BCUT2D eigenvalue weighted by molar-refractivity contribution is 0.00578. The number of rotatable bonds is 4. The van der Waals surface area contributed by atoms with Gasteiger partial charge in [0.2, 0.25) is 0 Å². The van der Waals surface area contributed by atoms with Crippen LogP contribution in [0.3, 0.4) is 0 Å². The van der Waals surface area contributed by atoms with E-state index in [9.17, 15) is 4.79 Å². The zero-order valence-electron chi connectivity index (χ0n) is 18.0. The summed E-state index contributed by atoms with van der Waals surface area (Å²) in [7, 11) is -0.488. The average molecular weight is 408 g/mol. The Bertz CT molecular complexity index is 739. The fourth-order valence-corrected chi connectivity index (χ4v) is 3.39. The highest BCUT2D eigenvalue weighted by molar-refractivity contribution is 6.62. The van der Waals surface area contributed by atoms with Gasteiger partial charge in [0.05, 0.1) is 11.2 Å². The standard InChI is InChI=1S/C21H31BClNO4/c1-19(2,3)26-18(25)24(17-8-9-17)13-14-10-15(12-16(23)11-14)22-27-20(4,5)21(6,7)28-22/h10-12,17H,8-9,13H2,1-7H3. The van der Waals surface area contributed by atoms with Crippen LogP contribution in [-0.4, -0.2) is 41.0 Å². The van der Waals surface area contributed by atoms with Gasteiger partial charge in [-0.3, -0.25) is 0 Å². The Balaban J connectivity index is 1.80. The molecule has 2 fully saturated rings. The van der Waals surface area contributed by atoms with Crippen LogP contribution < -0.4 is 5.46 Å². The normalized spacial score (nSPS) is 20.9. The van der Waals surface area contributed by atoms with E-state index in [0.717, 1.165) is 23.9 Å². The average Bonchev–Trinajstić information content (AvgIpc) is 3.30. The summed E-state index contributed by atoms with van der Waals surface area (Å²) in [5.41, 5.74) is 0.441. The van der Waals surface area contributed by atoms with Gasteiger partial charge in [-0.1, -0.05) is 17.7 Å². The molecule has 1 aromatic rings. The molecule has 5 nitrogen and oxygen atoms in total. The molecule has 7 heteroatoms. The lowest BCUT2D eigenvalue weighted by atomic mass is 9.78. The molecule has 0 bridgehead atoms. The van der Waals surface area contributed by atoms with Crippen molar-refractivity contribution in [3.63, 3.8) is 0 Å². The van der Waals surface area contributed by atoms with Crippen LogP contribution in [0.4, 0.5) is 4.79 Å². The molecular weight excluding hydrogens is 376 g/mol. The highest BCUT2D eigenvalue weighted by atomic mass is 35.5. The molecule has 1 saturated carbocycles. The number of hydrogen-bond acceptors (Lipinski definition) is 4. The van der Waals surface area contributed by atoms with Crippen molar-refractivity contribution in [2.24, 2.45) is 0 Å². The largest absolute Gasteiger partial charge is 0.494 e. The van der Waals surface area contributed by atoms with Gasteiger partial charge in [-0.2, -0.15) is 0 Å². The summed E-state index contributed by atoms with van der Waals surface area (Å²) in [5.74, 6) is 0. The number of carbonyl (C=O) groups excluding carboxylic acids is 1. The number of benzene rings is 1. The number of amides is 1. The smallest absolute Gasteiger partial charge is 0.444 e. The molecule has 0 unspecified atom stereocenters. The second kappa shape index (κ2) is 7.23. The Morgan fingerprint density at radius 1 is 1.18 bits per heavy atom. The number of ether oxygens (including phenoxy) is 1. The number of carbonyl (C=O) groups is 1. The third-order valence-corrected chi connectivity index (χ3v) is 5.69. The van der Waals surface area contributed by atoms with Crippen LogP contribution >= 0.6 is 11.6 Å². The van der Waals surface area contributed by atoms with Crippen LogP contribution in [0, 0.1) is 0 Å². The zero-order chi connectivity index (χ0) is 20.9. The Kier molecular flexibility index (Phi) is 5.54. The first-order valence-corrected chi connectivity index (χ1v) is 10.3. The van der Waals surface area contributed by atoms with E-state index < -0.39 is 23.9 Å². The molecule has 1 aliphatic carbocycles. The Hall–Kier alpha value is -1.24. The maximum atomic E-state index is 12.7. The van der Waals surface area contributed by atoms with Gasteiger partial charge in [0.25, 0.3) is 0 Å². The molecule has 0 N–H and O–H groups in total. The molecule has 154 valence electrons. The molecule has 0 aromatic heterocycles.